The second-order valence-corrected chi connectivity index (χ2v) is 9.64. The van der Waals surface area contributed by atoms with Gasteiger partial charge in [-0.1, -0.05) is 18.3 Å². The van der Waals surface area contributed by atoms with Crippen LogP contribution in [0.5, 0.6) is 0 Å². The molecule has 1 N–H and O–H groups in total. The van der Waals surface area contributed by atoms with E-state index < -0.39 is 0 Å². The fourth-order valence-electron chi connectivity index (χ4n) is 4.51. The van der Waals surface area contributed by atoms with E-state index in [0.717, 1.165) is 41.5 Å². The fraction of sp³-hybridized carbons (Fsp3) is 0.360. The molecule has 0 spiro atoms. The van der Waals surface area contributed by atoms with Crippen LogP contribution in [0.1, 0.15) is 49.4 Å². The van der Waals surface area contributed by atoms with E-state index in [2.05, 4.69) is 41.2 Å². The number of aromatic nitrogens is 4. The van der Waals surface area contributed by atoms with Crippen LogP contribution in [-0.2, 0) is 6.42 Å². The number of hydrogen-bond acceptors (Lipinski definition) is 7. The number of piperidine rings is 1. The Morgan fingerprint density at radius 2 is 2.03 bits per heavy atom. The average Bonchev–Trinajstić information content (AvgIpc) is 3.41. The quantitative estimate of drug-likeness (QED) is 0.389. The number of fused-ring (bicyclic) bond motifs is 1. The highest BCUT2D eigenvalue weighted by atomic mass is 32.1. The number of anilines is 3. The molecule has 1 aliphatic rings. The highest BCUT2D eigenvalue weighted by Gasteiger charge is 2.23. The maximum absolute atomic E-state index is 13.4. The summed E-state index contributed by atoms with van der Waals surface area (Å²) in [6.45, 7) is 7.36. The Balaban J connectivity index is 1.57. The van der Waals surface area contributed by atoms with Crippen LogP contribution in [0.15, 0.2) is 30.3 Å². The molecule has 4 heterocycles. The highest BCUT2D eigenvalue weighted by Crippen LogP contribution is 2.35. The number of nitrogens with zero attached hydrogens (tertiary/aromatic N) is 6. The summed E-state index contributed by atoms with van der Waals surface area (Å²) in [5, 5.41) is 18.5. The van der Waals surface area contributed by atoms with Crippen LogP contribution in [0.2, 0.25) is 0 Å². The van der Waals surface area contributed by atoms with Crippen molar-refractivity contribution in [3.8, 4) is 17.3 Å². The van der Waals surface area contributed by atoms with E-state index in [0.29, 0.717) is 27.3 Å². The third-order valence-electron chi connectivity index (χ3n) is 6.34. The van der Waals surface area contributed by atoms with Gasteiger partial charge in [0.2, 0.25) is 0 Å². The van der Waals surface area contributed by atoms with Gasteiger partial charge in [-0.2, -0.15) is 10.4 Å². The van der Waals surface area contributed by atoms with Gasteiger partial charge in [0.25, 0.3) is 0 Å². The van der Waals surface area contributed by atoms with Crippen LogP contribution in [0.3, 0.4) is 0 Å². The van der Waals surface area contributed by atoms with Gasteiger partial charge < -0.3 is 10.2 Å². The van der Waals surface area contributed by atoms with Crippen LogP contribution in [-0.4, -0.2) is 32.2 Å². The van der Waals surface area contributed by atoms with Crippen molar-refractivity contribution in [2.45, 2.75) is 52.5 Å². The lowest BCUT2D eigenvalue weighted by molar-refractivity contribution is 0.481. The van der Waals surface area contributed by atoms with E-state index in [9.17, 15) is 9.65 Å². The first kappa shape index (κ1) is 22.3. The van der Waals surface area contributed by atoms with E-state index in [1.54, 1.807) is 12.1 Å². The lowest BCUT2D eigenvalue weighted by Crippen LogP contribution is -2.38. The second-order valence-electron chi connectivity index (χ2n) is 8.65. The Hall–Kier alpha value is -3.51. The SMILES string of the molecule is CCc1nn2c(C)cc(N3CCCC[C@H]3C)nc2c1Nc1nc(-c2ccc(F)cc2)c(C#N)s1. The minimum atomic E-state index is -0.324. The van der Waals surface area contributed by atoms with Crippen molar-refractivity contribution >= 4 is 33.6 Å². The van der Waals surface area contributed by atoms with Gasteiger partial charge in [-0.05, 0) is 63.8 Å². The number of rotatable bonds is 5. The minimum Gasteiger partial charge on any atom is -0.354 e. The Labute approximate surface area is 201 Å². The topological polar surface area (TPSA) is 82.1 Å². The molecule has 0 aliphatic carbocycles. The van der Waals surface area contributed by atoms with Gasteiger partial charge in [0.15, 0.2) is 10.8 Å². The Bertz CT molecular complexity index is 1380. The first-order valence-electron chi connectivity index (χ1n) is 11.6. The van der Waals surface area contributed by atoms with Gasteiger partial charge in [-0.15, -0.1) is 0 Å². The first-order chi connectivity index (χ1) is 16.5. The summed E-state index contributed by atoms with van der Waals surface area (Å²) in [5.74, 6) is 0.640. The average molecular weight is 476 g/mol. The smallest absolute Gasteiger partial charge is 0.189 e. The molecule has 34 heavy (non-hydrogen) atoms. The number of thiazole rings is 1. The number of benzene rings is 1. The molecular weight excluding hydrogens is 449 g/mol. The molecule has 0 radical (unpaired) electrons. The zero-order valence-corrected chi connectivity index (χ0v) is 20.3. The molecule has 1 aliphatic heterocycles. The van der Waals surface area contributed by atoms with E-state index in [4.69, 9.17) is 10.1 Å². The molecule has 4 aromatic rings. The van der Waals surface area contributed by atoms with Crippen LogP contribution < -0.4 is 10.2 Å². The van der Waals surface area contributed by atoms with E-state index in [1.165, 1.54) is 42.7 Å². The van der Waals surface area contributed by atoms with Gasteiger partial charge in [-0.25, -0.2) is 18.9 Å². The monoisotopic (exact) mass is 475 g/mol. The normalized spacial score (nSPS) is 16.1. The molecule has 9 heteroatoms. The molecule has 174 valence electrons. The molecule has 0 unspecified atom stereocenters. The van der Waals surface area contributed by atoms with Crippen LogP contribution in [0.25, 0.3) is 16.9 Å². The third-order valence-corrected chi connectivity index (χ3v) is 7.21. The van der Waals surface area contributed by atoms with Crippen LogP contribution in [0, 0.1) is 24.1 Å². The highest BCUT2D eigenvalue weighted by molar-refractivity contribution is 7.16. The van der Waals surface area contributed by atoms with Crippen molar-refractivity contribution in [3.63, 3.8) is 0 Å². The predicted molar refractivity (Wildman–Crippen MR) is 133 cm³/mol. The predicted octanol–water partition coefficient (Wildman–Crippen LogP) is 5.86. The molecule has 0 saturated carbocycles. The van der Waals surface area contributed by atoms with E-state index in [1.807, 2.05) is 11.4 Å². The zero-order valence-electron chi connectivity index (χ0n) is 19.5. The minimum absolute atomic E-state index is 0.324. The summed E-state index contributed by atoms with van der Waals surface area (Å²) in [7, 11) is 0. The first-order valence-corrected chi connectivity index (χ1v) is 12.4. The van der Waals surface area contributed by atoms with E-state index in [-0.39, 0.29) is 5.82 Å². The number of nitrogens with one attached hydrogen (secondary N) is 1. The van der Waals surface area contributed by atoms with Gasteiger partial charge >= 0.3 is 0 Å². The largest absolute Gasteiger partial charge is 0.354 e. The molecule has 7 nitrogen and oxygen atoms in total. The molecule has 1 atom stereocenters. The molecule has 5 rings (SSSR count). The summed E-state index contributed by atoms with van der Waals surface area (Å²) in [6, 6.07) is 10.8. The zero-order chi connectivity index (χ0) is 23.8. The standard InChI is InChI=1S/C25H26FN7S/c1-4-19-23(30-25-29-22(20(14-27)34-25)17-8-10-18(26)11-9-17)24-28-21(13-16(3)33(24)31-19)32-12-6-5-7-15(32)2/h8-11,13,15H,4-7,12H2,1-3H3,(H,29,30)/t15-/m1/s1. The molecule has 1 aromatic carbocycles. The summed E-state index contributed by atoms with van der Waals surface area (Å²) >= 11 is 1.27. The van der Waals surface area contributed by atoms with Gasteiger partial charge in [0.05, 0.1) is 5.69 Å². The summed E-state index contributed by atoms with van der Waals surface area (Å²) in [4.78, 5) is 12.5. The van der Waals surface area contributed by atoms with Crippen molar-refractivity contribution in [3.05, 3.63) is 52.4 Å². The Morgan fingerprint density at radius 1 is 1.24 bits per heavy atom. The number of halogens is 1. The van der Waals surface area contributed by atoms with Gasteiger partial charge in [-0.3, -0.25) is 0 Å². The molecule has 3 aromatic heterocycles. The van der Waals surface area contributed by atoms with Crippen molar-refractivity contribution in [2.75, 3.05) is 16.8 Å². The maximum atomic E-state index is 13.4. The molecule has 1 fully saturated rings. The summed E-state index contributed by atoms with van der Waals surface area (Å²) < 4.78 is 15.3. The van der Waals surface area contributed by atoms with E-state index >= 15 is 0 Å². The Kier molecular flexibility index (Phi) is 5.92. The summed E-state index contributed by atoms with van der Waals surface area (Å²) in [5.41, 5.74) is 4.70. The maximum Gasteiger partial charge on any atom is 0.189 e. The van der Waals surface area contributed by atoms with Crippen molar-refractivity contribution in [1.29, 1.82) is 5.26 Å². The van der Waals surface area contributed by atoms with Crippen molar-refractivity contribution in [1.82, 2.24) is 19.6 Å². The number of hydrogen-bond donors (Lipinski definition) is 1. The lowest BCUT2D eigenvalue weighted by Gasteiger charge is -2.34. The van der Waals surface area contributed by atoms with Crippen LogP contribution >= 0.6 is 11.3 Å². The van der Waals surface area contributed by atoms with Crippen molar-refractivity contribution in [2.24, 2.45) is 0 Å². The van der Waals surface area contributed by atoms with Crippen molar-refractivity contribution < 1.29 is 4.39 Å². The Morgan fingerprint density at radius 3 is 2.74 bits per heavy atom. The molecule has 0 amide bonds. The summed E-state index contributed by atoms with van der Waals surface area (Å²) in [6.07, 6.45) is 4.31. The van der Waals surface area contributed by atoms with Gasteiger partial charge in [0, 0.05) is 29.9 Å². The molecule has 1 saturated heterocycles. The number of nitriles is 1. The van der Waals surface area contributed by atoms with Gasteiger partial charge in [0.1, 0.15) is 34.0 Å². The molecule has 0 bridgehead atoms. The molecular formula is C25H26FN7S. The number of aryl methyl sites for hydroxylation is 2. The lowest BCUT2D eigenvalue weighted by atomic mass is 10.0. The second kappa shape index (κ2) is 9.03. The third kappa shape index (κ3) is 3.99. The van der Waals surface area contributed by atoms with Crippen LogP contribution in [0.4, 0.5) is 21.0 Å². The fourth-order valence-corrected chi connectivity index (χ4v) is 5.30.